The van der Waals surface area contributed by atoms with Crippen LogP contribution in [0.2, 0.25) is 0 Å². The molecule has 5 heteroatoms. The van der Waals surface area contributed by atoms with Crippen LogP contribution in [-0.2, 0) is 0 Å². The Morgan fingerprint density at radius 3 is 2.62 bits per heavy atom. The number of aromatic carboxylic acids is 1. The third kappa shape index (κ3) is 2.33. The van der Waals surface area contributed by atoms with Crippen LogP contribution in [0.15, 0.2) is 42.5 Å². The molecular weight excluding hydrogens is 271 g/mol. The average Bonchev–Trinajstić information content (AvgIpc) is 2.46. The molecule has 0 atom stereocenters. The third-order valence-electron chi connectivity index (χ3n) is 3.16. The van der Waals surface area contributed by atoms with E-state index in [1.54, 1.807) is 6.07 Å². The first-order valence-corrected chi connectivity index (χ1v) is 6.33. The zero-order chi connectivity index (χ0) is 15.0. The minimum absolute atomic E-state index is 0.0152. The van der Waals surface area contributed by atoms with Gasteiger partial charge in [-0.25, -0.2) is 19.2 Å². The number of hydrogen-bond acceptors (Lipinski definition) is 3. The van der Waals surface area contributed by atoms with E-state index in [1.807, 2.05) is 25.1 Å². The summed E-state index contributed by atoms with van der Waals surface area (Å²) < 4.78 is 13.9. The number of benzene rings is 2. The Labute approximate surface area is 119 Å². The standard InChI is InChI=1S/C16H11FN2O2/c1-9-4-2-5-10(8-9)15-18-13-11(6-3-7-12(13)17)14(19-15)16(20)21/h2-8H,1H3,(H,20,21). The van der Waals surface area contributed by atoms with Crippen LogP contribution >= 0.6 is 0 Å². The van der Waals surface area contributed by atoms with Crippen molar-refractivity contribution in [3.05, 3.63) is 59.5 Å². The third-order valence-corrected chi connectivity index (χ3v) is 3.16. The topological polar surface area (TPSA) is 63.1 Å². The highest BCUT2D eigenvalue weighted by Crippen LogP contribution is 2.24. The number of carboxylic acids is 1. The fourth-order valence-corrected chi connectivity index (χ4v) is 2.19. The van der Waals surface area contributed by atoms with Gasteiger partial charge in [-0.2, -0.15) is 0 Å². The van der Waals surface area contributed by atoms with Crippen molar-refractivity contribution >= 4 is 16.9 Å². The molecule has 1 N–H and O–H groups in total. The van der Waals surface area contributed by atoms with Crippen molar-refractivity contribution in [3.8, 4) is 11.4 Å². The first-order chi connectivity index (χ1) is 10.1. The van der Waals surface area contributed by atoms with Gasteiger partial charge < -0.3 is 5.11 Å². The Morgan fingerprint density at radius 1 is 1.14 bits per heavy atom. The van der Waals surface area contributed by atoms with Crippen LogP contribution < -0.4 is 0 Å². The molecule has 2 aromatic carbocycles. The van der Waals surface area contributed by atoms with Gasteiger partial charge in [0.1, 0.15) is 11.3 Å². The van der Waals surface area contributed by atoms with Crippen LogP contribution in [-0.4, -0.2) is 21.0 Å². The Hall–Kier alpha value is -2.82. The van der Waals surface area contributed by atoms with Gasteiger partial charge in [-0.15, -0.1) is 0 Å². The Bertz CT molecular complexity index is 862. The number of carboxylic acid groups (broad SMARTS) is 1. The highest BCUT2D eigenvalue weighted by molar-refractivity contribution is 6.01. The Kier molecular flexibility index (Phi) is 3.10. The molecule has 0 bridgehead atoms. The lowest BCUT2D eigenvalue weighted by Crippen LogP contribution is -2.05. The second-order valence-electron chi connectivity index (χ2n) is 4.71. The van der Waals surface area contributed by atoms with Gasteiger partial charge >= 0.3 is 5.97 Å². The summed E-state index contributed by atoms with van der Waals surface area (Å²) in [4.78, 5) is 19.6. The maximum Gasteiger partial charge on any atom is 0.355 e. The number of hydrogen-bond donors (Lipinski definition) is 1. The number of aryl methyl sites for hydroxylation is 1. The number of halogens is 1. The fraction of sp³-hybridized carbons (Fsp3) is 0.0625. The molecule has 0 aliphatic heterocycles. The number of para-hydroxylation sites is 1. The van der Waals surface area contributed by atoms with Gasteiger partial charge in [0.25, 0.3) is 0 Å². The largest absolute Gasteiger partial charge is 0.476 e. The van der Waals surface area contributed by atoms with Crippen molar-refractivity contribution < 1.29 is 14.3 Å². The Balaban J connectivity index is 2.35. The van der Waals surface area contributed by atoms with Gasteiger partial charge in [0.2, 0.25) is 0 Å². The molecular formula is C16H11FN2O2. The molecule has 0 spiro atoms. The molecule has 0 radical (unpaired) electrons. The minimum atomic E-state index is -1.21. The van der Waals surface area contributed by atoms with Crippen LogP contribution in [0.3, 0.4) is 0 Å². The summed E-state index contributed by atoms with van der Waals surface area (Å²) in [6.07, 6.45) is 0. The summed E-state index contributed by atoms with van der Waals surface area (Å²) in [6, 6.07) is 11.5. The maximum absolute atomic E-state index is 13.9. The van der Waals surface area contributed by atoms with Gasteiger partial charge in [-0.05, 0) is 19.1 Å². The highest BCUT2D eigenvalue weighted by atomic mass is 19.1. The molecule has 4 nitrogen and oxygen atoms in total. The van der Waals surface area contributed by atoms with Crippen LogP contribution in [0, 0.1) is 12.7 Å². The van der Waals surface area contributed by atoms with Crippen LogP contribution in [0.1, 0.15) is 16.1 Å². The van der Waals surface area contributed by atoms with Crippen molar-refractivity contribution in [2.45, 2.75) is 6.92 Å². The van der Waals surface area contributed by atoms with Crippen LogP contribution in [0.4, 0.5) is 4.39 Å². The summed E-state index contributed by atoms with van der Waals surface area (Å²) in [5, 5.41) is 9.48. The first-order valence-electron chi connectivity index (χ1n) is 6.33. The molecule has 0 aliphatic carbocycles. The molecule has 0 aliphatic rings. The van der Waals surface area contributed by atoms with E-state index in [-0.39, 0.29) is 22.4 Å². The number of fused-ring (bicyclic) bond motifs is 1. The van der Waals surface area contributed by atoms with Gasteiger partial charge in [-0.1, -0.05) is 35.9 Å². The van der Waals surface area contributed by atoms with E-state index < -0.39 is 11.8 Å². The molecule has 21 heavy (non-hydrogen) atoms. The van der Waals surface area contributed by atoms with Crippen molar-refractivity contribution in [2.75, 3.05) is 0 Å². The summed E-state index contributed by atoms with van der Waals surface area (Å²) in [5.74, 6) is -1.57. The molecule has 1 heterocycles. The van der Waals surface area contributed by atoms with E-state index in [0.717, 1.165) is 5.56 Å². The molecule has 0 amide bonds. The predicted octanol–water partition coefficient (Wildman–Crippen LogP) is 3.44. The average molecular weight is 282 g/mol. The lowest BCUT2D eigenvalue weighted by Gasteiger charge is -2.07. The van der Waals surface area contributed by atoms with E-state index >= 15 is 0 Å². The van der Waals surface area contributed by atoms with E-state index in [4.69, 9.17) is 0 Å². The van der Waals surface area contributed by atoms with Gasteiger partial charge in [0, 0.05) is 10.9 Å². The fourth-order valence-electron chi connectivity index (χ4n) is 2.19. The van der Waals surface area contributed by atoms with Crippen LogP contribution in [0.5, 0.6) is 0 Å². The lowest BCUT2D eigenvalue weighted by molar-refractivity contribution is 0.0693. The minimum Gasteiger partial charge on any atom is -0.476 e. The van der Waals surface area contributed by atoms with Crippen molar-refractivity contribution in [3.63, 3.8) is 0 Å². The van der Waals surface area contributed by atoms with E-state index in [9.17, 15) is 14.3 Å². The monoisotopic (exact) mass is 282 g/mol. The zero-order valence-electron chi connectivity index (χ0n) is 11.2. The Morgan fingerprint density at radius 2 is 1.90 bits per heavy atom. The quantitative estimate of drug-likeness (QED) is 0.782. The lowest BCUT2D eigenvalue weighted by atomic mass is 10.1. The SMILES string of the molecule is Cc1cccc(-c2nc(C(=O)O)c3cccc(F)c3n2)c1. The van der Waals surface area contributed by atoms with E-state index in [2.05, 4.69) is 9.97 Å². The molecule has 104 valence electrons. The first kappa shape index (κ1) is 13.2. The smallest absolute Gasteiger partial charge is 0.355 e. The molecule has 1 aromatic heterocycles. The van der Waals surface area contributed by atoms with Gasteiger partial charge in [-0.3, -0.25) is 0 Å². The highest BCUT2D eigenvalue weighted by Gasteiger charge is 2.16. The van der Waals surface area contributed by atoms with Crippen molar-refractivity contribution in [1.82, 2.24) is 9.97 Å². The molecule has 0 unspecified atom stereocenters. The zero-order valence-corrected chi connectivity index (χ0v) is 11.2. The molecule has 0 fully saturated rings. The van der Waals surface area contributed by atoms with Crippen molar-refractivity contribution in [1.29, 1.82) is 0 Å². The molecule has 3 rings (SSSR count). The van der Waals surface area contributed by atoms with E-state index in [1.165, 1.54) is 18.2 Å². The van der Waals surface area contributed by atoms with Crippen molar-refractivity contribution in [2.24, 2.45) is 0 Å². The number of aromatic nitrogens is 2. The summed E-state index contributed by atoms with van der Waals surface area (Å²) in [6.45, 7) is 1.91. The predicted molar refractivity (Wildman–Crippen MR) is 76.6 cm³/mol. The number of nitrogens with zero attached hydrogens (tertiary/aromatic N) is 2. The number of rotatable bonds is 2. The van der Waals surface area contributed by atoms with Gasteiger partial charge in [0.15, 0.2) is 11.5 Å². The second-order valence-corrected chi connectivity index (χ2v) is 4.71. The second kappa shape index (κ2) is 4.94. The molecule has 0 saturated carbocycles. The molecule has 0 saturated heterocycles. The molecule has 3 aromatic rings. The van der Waals surface area contributed by atoms with Crippen LogP contribution in [0.25, 0.3) is 22.3 Å². The summed E-state index contributed by atoms with van der Waals surface area (Å²) in [7, 11) is 0. The van der Waals surface area contributed by atoms with Gasteiger partial charge in [0.05, 0.1) is 0 Å². The normalized spacial score (nSPS) is 10.8. The van der Waals surface area contributed by atoms with E-state index in [0.29, 0.717) is 5.56 Å². The summed E-state index contributed by atoms with van der Waals surface area (Å²) >= 11 is 0. The maximum atomic E-state index is 13.9. The number of carbonyl (C=O) groups is 1. The summed E-state index contributed by atoms with van der Waals surface area (Å²) in [5.41, 5.74) is 1.46.